The molecular weight excluding hydrogens is 771 g/mol. The third kappa shape index (κ3) is 5.79. The molecule has 47 heavy (non-hydrogen) atoms. The summed E-state index contributed by atoms with van der Waals surface area (Å²) >= 11 is 1.86. The average molecular weight is 800 g/mol. The van der Waals surface area contributed by atoms with Gasteiger partial charge in [-0.2, -0.15) is 0 Å². The number of aryl methyl sites for hydroxylation is 1. The zero-order chi connectivity index (χ0) is 31.0. The molecule has 1 N–H and O–H groups in total. The summed E-state index contributed by atoms with van der Waals surface area (Å²) in [5.74, 6) is 0. The van der Waals surface area contributed by atoms with Gasteiger partial charge < -0.3 is 15.3 Å². The van der Waals surface area contributed by atoms with E-state index in [2.05, 4.69) is 120 Å². The van der Waals surface area contributed by atoms with Crippen LogP contribution >= 0.6 is 11.3 Å². The van der Waals surface area contributed by atoms with Crippen LogP contribution in [0.25, 0.3) is 64.9 Å². The molecule has 0 saturated carbocycles. The van der Waals surface area contributed by atoms with Crippen molar-refractivity contribution in [1.82, 2.24) is 9.97 Å². The Morgan fingerprint density at radius 3 is 2.23 bits per heavy atom. The quantitative estimate of drug-likeness (QED) is 0.177. The summed E-state index contributed by atoms with van der Waals surface area (Å²) in [6, 6.07) is 48.6. The summed E-state index contributed by atoms with van der Waals surface area (Å²) in [6.07, 6.45) is 3.70. The van der Waals surface area contributed by atoms with Gasteiger partial charge in [0.15, 0.2) is 0 Å². The van der Waals surface area contributed by atoms with Gasteiger partial charge in [-0.1, -0.05) is 78.4 Å². The van der Waals surface area contributed by atoms with Gasteiger partial charge in [0, 0.05) is 53.5 Å². The van der Waals surface area contributed by atoms with Gasteiger partial charge in [0.25, 0.3) is 0 Å². The van der Waals surface area contributed by atoms with Crippen molar-refractivity contribution >= 4 is 42.9 Å². The largest absolute Gasteiger partial charge is 0.393 e. The Morgan fingerprint density at radius 1 is 0.638 bits per heavy atom. The van der Waals surface area contributed by atoms with Crippen LogP contribution in [0.5, 0.6) is 0 Å². The van der Waals surface area contributed by atoms with Crippen molar-refractivity contribution < 1.29 is 20.1 Å². The smallest absolute Gasteiger partial charge is 0.0589 e. The Labute approximate surface area is 292 Å². The number of thiophene rings is 1. The van der Waals surface area contributed by atoms with Crippen molar-refractivity contribution in [2.24, 2.45) is 0 Å². The first-order chi connectivity index (χ1) is 22.6. The zero-order valence-electron chi connectivity index (χ0n) is 25.8. The van der Waals surface area contributed by atoms with Crippen LogP contribution in [-0.4, -0.2) is 9.97 Å². The number of hydrogen-bond donors (Lipinski definition) is 1. The molecule has 0 atom stereocenters. The summed E-state index contributed by atoms with van der Waals surface area (Å²) in [4.78, 5) is 8.86. The molecule has 5 heteroatoms. The molecule has 0 amide bonds. The first-order valence-electron chi connectivity index (χ1n) is 15.3. The fourth-order valence-electron chi connectivity index (χ4n) is 6.16. The fourth-order valence-corrected chi connectivity index (χ4v) is 7.36. The van der Waals surface area contributed by atoms with Gasteiger partial charge in [-0.05, 0) is 65.3 Å². The average Bonchev–Trinajstić information content (AvgIpc) is 3.49. The zero-order valence-corrected chi connectivity index (χ0v) is 29.0. The summed E-state index contributed by atoms with van der Waals surface area (Å²) in [7, 11) is 0. The van der Waals surface area contributed by atoms with Crippen molar-refractivity contribution in [3.63, 3.8) is 0 Å². The second-order valence-corrected chi connectivity index (χ2v) is 12.5. The summed E-state index contributed by atoms with van der Waals surface area (Å²) < 4.78 is 2.61. The van der Waals surface area contributed by atoms with Gasteiger partial charge in [0.2, 0.25) is 0 Å². The molecule has 0 unspecified atom stereocenters. The van der Waals surface area contributed by atoms with E-state index < -0.39 is 0 Å². The molecule has 3 aromatic heterocycles. The monoisotopic (exact) mass is 800 g/mol. The van der Waals surface area contributed by atoms with E-state index in [4.69, 9.17) is 0 Å². The van der Waals surface area contributed by atoms with Gasteiger partial charge >= 0.3 is 0 Å². The number of fused-ring (bicyclic) bond motifs is 10. The molecule has 0 fully saturated rings. The van der Waals surface area contributed by atoms with Crippen LogP contribution in [0.4, 0.5) is 11.4 Å². The Morgan fingerprint density at radius 2 is 1.45 bits per heavy atom. The molecule has 0 saturated heterocycles. The van der Waals surface area contributed by atoms with Crippen LogP contribution in [0.15, 0.2) is 134 Å². The van der Waals surface area contributed by atoms with E-state index in [9.17, 15) is 0 Å². The topological polar surface area (TPSA) is 37.8 Å². The molecule has 8 aromatic rings. The maximum atomic E-state index is 4.64. The number of nitrogens with one attached hydrogen (secondary N) is 1. The van der Waals surface area contributed by atoms with Gasteiger partial charge in [0.1, 0.15) is 0 Å². The normalized spacial score (nSPS) is 11.2. The van der Waals surface area contributed by atoms with Crippen LogP contribution < -0.4 is 5.32 Å². The number of nitrogens with zero attached hydrogens (tertiary/aromatic N) is 2. The van der Waals surface area contributed by atoms with Crippen molar-refractivity contribution in [2.75, 3.05) is 5.32 Å². The second kappa shape index (κ2) is 13.1. The van der Waals surface area contributed by atoms with Crippen molar-refractivity contribution in [3.05, 3.63) is 157 Å². The predicted octanol–water partition coefficient (Wildman–Crippen LogP) is 11.5. The first kappa shape index (κ1) is 30.7. The third-order valence-corrected chi connectivity index (χ3v) is 9.71. The van der Waals surface area contributed by atoms with Crippen LogP contribution in [0.3, 0.4) is 0 Å². The minimum atomic E-state index is 0. The molecule has 0 aliphatic carbocycles. The summed E-state index contributed by atoms with van der Waals surface area (Å²) in [5.41, 5.74) is 13.6. The van der Waals surface area contributed by atoms with E-state index in [0.29, 0.717) is 0 Å². The van der Waals surface area contributed by atoms with Crippen molar-refractivity contribution in [1.29, 1.82) is 0 Å². The molecule has 3 nitrogen and oxygen atoms in total. The number of aromatic nitrogens is 2. The molecule has 2 bridgehead atoms. The van der Waals surface area contributed by atoms with Gasteiger partial charge in [-0.3, -0.25) is 0 Å². The standard InChI is InChI=1S/C31H21N2S.C11H8N.Ir/c1-18-10-14-27(32-17-18)20-11-15-28-26(16-20)22-8-5-7-21(19(22)2)24-12-13-25-23-6-3-4-9-29(23)34-31(25)30(24)33-28;1-2-6-10(7-3-1)11-8-4-5-9-12-11;/h3-10,12-17,33H,1-2H3;1-6,8-9H;/q2*-1;. The Bertz CT molecular complexity index is 2310. The molecule has 1 aliphatic heterocycles. The molecule has 0 spiro atoms. The minimum Gasteiger partial charge on any atom is -0.393 e. The van der Waals surface area contributed by atoms with Crippen LogP contribution in [0, 0.1) is 26.0 Å². The maximum absolute atomic E-state index is 4.64. The van der Waals surface area contributed by atoms with Gasteiger partial charge in [0.05, 0.1) is 10.4 Å². The van der Waals surface area contributed by atoms with E-state index in [-0.39, 0.29) is 20.1 Å². The minimum absolute atomic E-state index is 0. The van der Waals surface area contributed by atoms with Gasteiger partial charge in [-0.25, -0.2) is 0 Å². The number of pyridine rings is 2. The number of anilines is 2. The van der Waals surface area contributed by atoms with E-state index in [1.165, 1.54) is 53.7 Å². The van der Waals surface area contributed by atoms with E-state index in [1.807, 2.05) is 60.0 Å². The summed E-state index contributed by atoms with van der Waals surface area (Å²) in [6.45, 7) is 4.30. The van der Waals surface area contributed by atoms with Crippen LogP contribution in [-0.2, 0) is 20.1 Å². The fraction of sp³-hybridized carbons (Fsp3) is 0.0476. The third-order valence-electron chi connectivity index (χ3n) is 8.51. The van der Waals surface area contributed by atoms with E-state index in [0.717, 1.165) is 33.8 Å². The predicted molar refractivity (Wildman–Crippen MR) is 194 cm³/mol. The molecule has 9 rings (SSSR count). The van der Waals surface area contributed by atoms with E-state index >= 15 is 0 Å². The Hall–Kier alpha value is -4.93. The van der Waals surface area contributed by atoms with Crippen LogP contribution in [0.1, 0.15) is 11.1 Å². The molecule has 4 heterocycles. The van der Waals surface area contributed by atoms with E-state index in [1.54, 1.807) is 6.20 Å². The van der Waals surface area contributed by atoms with Gasteiger partial charge in [-0.15, -0.1) is 71.0 Å². The molecule has 5 aromatic carbocycles. The maximum Gasteiger partial charge on any atom is 0.0589 e. The second-order valence-electron chi connectivity index (χ2n) is 11.5. The first-order valence-corrected chi connectivity index (χ1v) is 16.1. The molecule has 1 radical (unpaired) electrons. The SMILES string of the molecule is Cc1ccc(-c2[c-]cc3c(c2)-c2cccc(c2C)-c2ccc4c(sc5ccccc54)c2N3)nc1.[Ir].[c-]1ccccc1-c1ccccn1. The van der Waals surface area contributed by atoms with Crippen LogP contribution in [0.2, 0.25) is 0 Å². The van der Waals surface area contributed by atoms with Crippen molar-refractivity contribution in [3.8, 4) is 44.8 Å². The number of rotatable bonds is 2. The molecule has 1 aliphatic rings. The summed E-state index contributed by atoms with van der Waals surface area (Å²) in [5, 5.41) is 6.44. The molecule has 229 valence electrons. The number of benzene rings is 5. The molecular formula is C42H29IrN3S-2. The Kier molecular flexibility index (Phi) is 8.53. The Balaban J connectivity index is 0.000000228. The number of hydrogen-bond acceptors (Lipinski definition) is 4. The van der Waals surface area contributed by atoms with Crippen molar-refractivity contribution in [2.45, 2.75) is 13.8 Å².